The van der Waals surface area contributed by atoms with Gasteiger partial charge in [0.15, 0.2) is 0 Å². The van der Waals surface area contributed by atoms with Crippen LogP contribution in [-0.4, -0.2) is 17.9 Å². The van der Waals surface area contributed by atoms with Gasteiger partial charge in [0.05, 0.1) is 5.56 Å². The standard InChI is InChI=1S/C9H9F2N3O3/c10-9(11,8(16)14-13)17-6-4-2-1-3-5(6)7(12)15/h1-4H,13H2,(H2,12,15)(H,14,16). The molecule has 17 heavy (non-hydrogen) atoms. The van der Waals surface area contributed by atoms with E-state index in [2.05, 4.69) is 10.6 Å². The smallest absolute Gasteiger partial charge is 0.424 e. The molecule has 0 spiro atoms. The number of carbonyl (C=O) groups is 2. The third-order valence-corrected chi connectivity index (χ3v) is 1.79. The minimum Gasteiger partial charge on any atom is -0.424 e. The van der Waals surface area contributed by atoms with E-state index in [1.165, 1.54) is 23.6 Å². The van der Waals surface area contributed by atoms with Crippen molar-refractivity contribution in [3.05, 3.63) is 29.8 Å². The van der Waals surface area contributed by atoms with Crippen LogP contribution in [0.3, 0.4) is 0 Å². The number of benzene rings is 1. The summed E-state index contributed by atoms with van der Waals surface area (Å²) in [6.45, 7) is 0. The Morgan fingerprint density at radius 1 is 1.29 bits per heavy atom. The van der Waals surface area contributed by atoms with E-state index in [4.69, 9.17) is 5.73 Å². The summed E-state index contributed by atoms with van der Waals surface area (Å²) in [6, 6.07) is 5.03. The summed E-state index contributed by atoms with van der Waals surface area (Å²) in [7, 11) is 0. The molecule has 0 aliphatic carbocycles. The number of nitrogens with two attached hydrogens (primary N) is 2. The Bertz CT molecular complexity index is 451. The van der Waals surface area contributed by atoms with Crippen LogP contribution in [0.25, 0.3) is 0 Å². The van der Waals surface area contributed by atoms with Crippen LogP contribution in [0.4, 0.5) is 8.78 Å². The summed E-state index contributed by atoms with van der Waals surface area (Å²) >= 11 is 0. The summed E-state index contributed by atoms with van der Waals surface area (Å²) in [6.07, 6.45) is -4.19. The molecule has 0 atom stereocenters. The highest BCUT2D eigenvalue weighted by molar-refractivity contribution is 5.95. The normalized spacial score (nSPS) is 10.8. The Kier molecular flexibility index (Phi) is 3.59. The first-order valence-corrected chi connectivity index (χ1v) is 4.35. The Hall–Kier alpha value is -2.22. The van der Waals surface area contributed by atoms with Crippen LogP contribution in [0.2, 0.25) is 0 Å². The molecule has 6 nitrogen and oxygen atoms in total. The van der Waals surface area contributed by atoms with Crippen molar-refractivity contribution < 1.29 is 23.1 Å². The van der Waals surface area contributed by atoms with E-state index >= 15 is 0 Å². The van der Waals surface area contributed by atoms with E-state index in [1.807, 2.05) is 0 Å². The molecule has 5 N–H and O–H groups in total. The average Bonchev–Trinajstić information content (AvgIpc) is 2.27. The lowest BCUT2D eigenvalue weighted by Crippen LogP contribution is -2.47. The third-order valence-electron chi connectivity index (χ3n) is 1.79. The molecular formula is C9H9F2N3O3. The van der Waals surface area contributed by atoms with Crippen molar-refractivity contribution in [1.82, 2.24) is 5.43 Å². The number of ether oxygens (including phenoxy) is 1. The monoisotopic (exact) mass is 245 g/mol. The maximum absolute atomic E-state index is 13.1. The number of hydrogen-bond donors (Lipinski definition) is 3. The van der Waals surface area contributed by atoms with E-state index in [0.717, 1.165) is 6.07 Å². The first-order valence-electron chi connectivity index (χ1n) is 4.35. The van der Waals surface area contributed by atoms with Crippen molar-refractivity contribution in [2.75, 3.05) is 0 Å². The van der Waals surface area contributed by atoms with Gasteiger partial charge in [0, 0.05) is 0 Å². The maximum atomic E-state index is 13.1. The van der Waals surface area contributed by atoms with Gasteiger partial charge in [-0.05, 0) is 12.1 Å². The first-order chi connectivity index (χ1) is 7.88. The zero-order valence-corrected chi connectivity index (χ0v) is 8.44. The molecule has 0 aromatic heterocycles. The average molecular weight is 245 g/mol. The number of amides is 2. The van der Waals surface area contributed by atoms with Gasteiger partial charge in [-0.1, -0.05) is 12.1 Å². The minimum absolute atomic E-state index is 0.267. The number of rotatable bonds is 4. The number of hydrogen-bond acceptors (Lipinski definition) is 4. The minimum atomic E-state index is -4.19. The second kappa shape index (κ2) is 4.74. The topological polar surface area (TPSA) is 107 Å². The fourth-order valence-electron chi connectivity index (χ4n) is 1.03. The van der Waals surface area contributed by atoms with E-state index in [0.29, 0.717) is 0 Å². The number of nitrogens with one attached hydrogen (secondary N) is 1. The van der Waals surface area contributed by atoms with Crippen molar-refractivity contribution >= 4 is 11.8 Å². The molecule has 0 saturated carbocycles. The van der Waals surface area contributed by atoms with Crippen molar-refractivity contribution in [3.63, 3.8) is 0 Å². The fraction of sp³-hybridized carbons (Fsp3) is 0.111. The van der Waals surface area contributed by atoms with Gasteiger partial charge in [0.2, 0.25) is 0 Å². The van der Waals surface area contributed by atoms with Gasteiger partial charge in [-0.15, -0.1) is 0 Å². The number of hydrazine groups is 1. The van der Waals surface area contributed by atoms with E-state index in [1.54, 1.807) is 0 Å². The Balaban J connectivity index is 3.03. The molecular weight excluding hydrogens is 236 g/mol. The Morgan fingerprint density at radius 2 is 1.88 bits per heavy atom. The Morgan fingerprint density at radius 3 is 2.41 bits per heavy atom. The number of alkyl halides is 2. The SMILES string of the molecule is NNC(=O)C(F)(F)Oc1ccccc1C(N)=O. The maximum Gasteiger partial charge on any atom is 0.483 e. The van der Waals surface area contributed by atoms with Crippen LogP contribution in [0.1, 0.15) is 10.4 Å². The molecule has 0 fully saturated rings. The molecule has 0 aliphatic heterocycles. The quantitative estimate of drug-likeness (QED) is 0.386. The third kappa shape index (κ3) is 2.88. The van der Waals surface area contributed by atoms with E-state index in [9.17, 15) is 18.4 Å². The molecule has 0 saturated heterocycles. The predicted molar refractivity (Wildman–Crippen MR) is 52.9 cm³/mol. The predicted octanol–water partition coefficient (Wildman–Crippen LogP) is -0.253. The van der Waals surface area contributed by atoms with E-state index < -0.39 is 23.7 Å². The molecule has 92 valence electrons. The van der Waals surface area contributed by atoms with Crippen molar-refractivity contribution in [2.24, 2.45) is 11.6 Å². The zero-order valence-electron chi connectivity index (χ0n) is 8.44. The molecule has 1 aromatic rings. The lowest BCUT2D eigenvalue weighted by atomic mass is 10.2. The van der Waals surface area contributed by atoms with Crippen LogP contribution in [-0.2, 0) is 4.79 Å². The summed E-state index contributed by atoms with van der Waals surface area (Å²) in [5.41, 5.74) is 5.93. The molecule has 2 amide bonds. The molecule has 1 rings (SSSR count). The van der Waals surface area contributed by atoms with Crippen LogP contribution in [0, 0.1) is 0 Å². The molecule has 0 heterocycles. The largest absolute Gasteiger partial charge is 0.483 e. The van der Waals surface area contributed by atoms with Crippen LogP contribution in [0.15, 0.2) is 24.3 Å². The highest BCUT2D eigenvalue weighted by atomic mass is 19.3. The summed E-state index contributed by atoms with van der Waals surface area (Å²) in [4.78, 5) is 21.6. The van der Waals surface area contributed by atoms with Gasteiger partial charge >= 0.3 is 12.0 Å². The van der Waals surface area contributed by atoms with Crippen LogP contribution < -0.4 is 21.7 Å². The van der Waals surface area contributed by atoms with E-state index in [-0.39, 0.29) is 5.56 Å². The van der Waals surface area contributed by atoms with Gasteiger partial charge in [0.25, 0.3) is 5.91 Å². The second-order valence-corrected chi connectivity index (χ2v) is 2.95. The van der Waals surface area contributed by atoms with Gasteiger partial charge in [-0.25, -0.2) is 5.84 Å². The summed E-state index contributed by atoms with van der Waals surface area (Å²) in [5.74, 6) is 1.26. The molecule has 0 bridgehead atoms. The van der Waals surface area contributed by atoms with Crippen molar-refractivity contribution in [1.29, 1.82) is 0 Å². The zero-order chi connectivity index (χ0) is 13.1. The molecule has 0 aliphatic rings. The van der Waals surface area contributed by atoms with Crippen molar-refractivity contribution in [3.8, 4) is 5.75 Å². The number of carbonyl (C=O) groups excluding carboxylic acids is 2. The Labute approximate surface area is 94.5 Å². The van der Waals surface area contributed by atoms with Crippen LogP contribution >= 0.6 is 0 Å². The molecule has 1 aromatic carbocycles. The molecule has 0 unspecified atom stereocenters. The fourth-order valence-corrected chi connectivity index (χ4v) is 1.03. The number of primary amides is 1. The summed E-state index contributed by atoms with van der Waals surface area (Å²) < 4.78 is 30.3. The highest BCUT2D eigenvalue weighted by Gasteiger charge is 2.42. The molecule has 0 radical (unpaired) electrons. The number of para-hydroxylation sites is 1. The second-order valence-electron chi connectivity index (χ2n) is 2.95. The van der Waals surface area contributed by atoms with Gasteiger partial charge < -0.3 is 10.5 Å². The highest BCUT2D eigenvalue weighted by Crippen LogP contribution is 2.25. The van der Waals surface area contributed by atoms with Crippen molar-refractivity contribution in [2.45, 2.75) is 6.11 Å². The summed E-state index contributed by atoms with van der Waals surface area (Å²) in [5, 5.41) is 0. The lowest BCUT2D eigenvalue weighted by molar-refractivity contribution is -0.193. The van der Waals surface area contributed by atoms with Gasteiger partial charge in [-0.2, -0.15) is 8.78 Å². The van der Waals surface area contributed by atoms with Gasteiger partial charge in [-0.3, -0.25) is 15.0 Å². The lowest BCUT2D eigenvalue weighted by Gasteiger charge is -2.17. The van der Waals surface area contributed by atoms with Gasteiger partial charge in [0.1, 0.15) is 5.75 Å². The first kappa shape index (κ1) is 12.8. The molecule has 8 heteroatoms. The van der Waals surface area contributed by atoms with Crippen LogP contribution in [0.5, 0.6) is 5.75 Å². The number of halogens is 2.